The number of nitrogens with zero attached hydrogens (tertiary/aromatic N) is 1. The lowest BCUT2D eigenvalue weighted by molar-refractivity contribution is 0.0302. The number of carbonyl (C=O) groups is 2. The molecule has 0 atom stereocenters. The molecule has 0 radical (unpaired) electrons. The Labute approximate surface area is 106 Å². The molecule has 2 rings (SSSR count). The third-order valence-corrected chi connectivity index (χ3v) is 2.45. The Morgan fingerprint density at radius 3 is 2.61 bits per heavy atom. The molecule has 0 fully saturated rings. The highest BCUT2D eigenvalue weighted by molar-refractivity contribution is 5.98. The first kappa shape index (κ1) is 12.4. The molecule has 0 spiro atoms. The summed E-state index contributed by atoms with van der Waals surface area (Å²) in [7, 11) is 0. The summed E-state index contributed by atoms with van der Waals surface area (Å²) in [6.07, 6.45) is -0.622. The maximum Gasteiger partial charge on any atom is 0.426 e. The highest BCUT2D eigenvalue weighted by atomic mass is 16.6. The maximum absolute atomic E-state index is 12.0. The van der Waals surface area contributed by atoms with Gasteiger partial charge in [-0.2, -0.15) is 0 Å². The molecule has 0 aliphatic carbocycles. The Bertz CT molecular complexity index is 491. The van der Waals surface area contributed by atoms with E-state index >= 15 is 0 Å². The van der Waals surface area contributed by atoms with Gasteiger partial charge < -0.3 is 4.74 Å². The van der Waals surface area contributed by atoms with Crippen molar-refractivity contribution in [2.45, 2.75) is 32.9 Å². The average molecular weight is 248 g/mol. The molecule has 5 heteroatoms. The smallest absolute Gasteiger partial charge is 0.426 e. The van der Waals surface area contributed by atoms with Crippen LogP contribution in [0.15, 0.2) is 24.3 Å². The molecule has 0 unspecified atom stereocenters. The van der Waals surface area contributed by atoms with Gasteiger partial charge in [-0.05, 0) is 32.4 Å². The highest BCUT2D eigenvalue weighted by Crippen LogP contribution is 2.20. The Morgan fingerprint density at radius 2 is 2.00 bits per heavy atom. The standard InChI is InChI=1S/C13H16N2O3/c1-13(2,3)18-12(17)14-15-8-9-6-4-5-7-10(9)11(15)16/h4-7H,8H2,1-3H3,(H,14,17). The van der Waals surface area contributed by atoms with Crippen molar-refractivity contribution < 1.29 is 14.3 Å². The summed E-state index contributed by atoms with van der Waals surface area (Å²) >= 11 is 0. The van der Waals surface area contributed by atoms with Crippen LogP contribution < -0.4 is 5.43 Å². The van der Waals surface area contributed by atoms with Gasteiger partial charge in [-0.1, -0.05) is 18.2 Å². The minimum Gasteiger partial charge on any atom is -0.443 e. The van der Waals surface area contributed by atoms with E-state index in [1.807, 2.05) is 12.1 Å². The molecule has 0 saturated heterocycles. The Hall–Kier alpha value is -2.04. The molecule has 1 aromatic rings. The lowest BCUT2D eigenvalue weighted by Crippen LogP contribution is -2.44. The number of fused-ring (bicyclic) bond motifs is 1. The van der Waals surface area contributed by atoms with Gasteiger partial charge in [-0.25, -0.2) is 15.2 Å². The zero-order chi connectivity index (χ0) is 13.3. The van der Waals surface area contributed by atoms with Crippen molar-refractivity contribution in [3.05, 3.63) is 35.4 Å². The van der Waals surface area contributed by atoms with Crippen molar-refractivity contribution in [1.82, 2.24) is 10.4 Å². The molecule has 5 nitrogen and oxygen atoms in total. The fourth-order valence-electron chi connectivity index (χ4n) is 1.76. The molecule has 1 N–H and O–H groups in total. The van der Waals surface area contributed by atoms with Crippen LogP contribution in [-0.2, 0) is 11.3 Å². The average Bonchev–Trinajstić information content (AvgIpc) is 2.54. The van der Waals surface area contributed by atoms with Crippen molar-refractivity contribution in [2.75, 3.05) is 0 Å². The molecule has 1 aromatic carbocycles. The number of hydrogen-bond donors (Lipinski definition) is 1. The summed E-state index contributed by atoms with van der Waals surface area (Å²) < 4.78 is 5.10. The molecule has 0 saturated carbocycles. The molecule has 1 heterocycles. The first-order valence-corrected chi connectivity index (χ1v) is 5.76. The van der Waals surface area contributed by atoms with Gasteiger partial charge in [0.1, 0.15) is 5.60 Å². The van der Waals surface area contributed by atoms with E-state index < -0.39 is 11.7 Å². The highest BCUT2D eigenvalue weighted by Gasteiger charge is 2.29. The fourth-order valence-corrected chi connectivity index (χ4v) is 1.76. The lowest BCUT2D eigenvalue weighted by Gasteiger charge is -2.23. The van der Waals surface area contributed by atoms with E-state index in [9.17, 15) is 9.59 Å². The second-order valence-corrected chi connectivity index (χ2v) is 5.16. The summed E-state index contributed by atoms with van der Waals surface area (Å²) in [4.78, 5) is 23.5. The maximum atomic E-state index is 12.0. The van der Waals surface area contributed by atoms with Crippen molar-refractivity contribution >= 4 is 12.0 Å². The van der Waals surface area contributed by atoms with E-state index in [1.165, 1.54) is 5.01 Å². The third-order valence-electron chi connectivity index (χ3n) is 2.45. The largest absolute Gasteiger partial charge is 0.443 e. The SMILES string of the molecule is CC(C)(C)OC(=O)NN1Cc2ccccc2C1=O. The van der Waals surface area contributed by atoms with Gasteiger partial charge in [0.25, 0.3) is 5.91 Å². The van der Waals surface area contributed by atoms with Gasteiger partial charge in [0.2, 0.25) is 0 Å². The lowest BCUT2D eigenvalue weighted by atomic mass is 10.1. The molecule has 18 heavy (non-hydrogen) atoms. The van der Waals surface area contributed by atoms with Gasteiger partial charge in [-0.3, -0.25) is 4.79 Å². The molecular weight excluding hydrogens is 232 g/mol. The normalized spacial score (nSPS) is 14.4. The zero-order valence-electron chi connectivity index (χ0n) is 10.7. The van der Waals surface area contributed by atoms with E-state index in [1.54, 1.807) is 32.9 Å². The predicted molar refractivity (Wildman–Crippen MR) is 65.7 cm³/mol. The van der Waals surface area contributed by atoms with Crippen LogP contribution in [0.3, 0.4) is 0 Å². The quantitative estimate of drug-likeness (QED) is 0.827. The van der Waals surface area contributed by atoms with Gasteiger partial charge >= 0.3 is 6.09 Å². The second kappa shape index (κ2) is 4.33. The van der Waals surface area contributed by atoms with E-state index in [2.05, 4.69) is 5.43 Å². The van der Waals surface area contributed by atoms with Crippen LogP contribution in [0.25, 0.3) is 0 Å². The number of amides is 2. The first-order valence-electron chi connectivity index (χ1n) is 5.76. The summed E-state index contributed by atoms with van der Waals surface area (Å²) in [6.45, 7) is 5.68. The summed E-state index contributed by atoms with van der Waals surface area (Å²) in [5.74, 6) is -0.212. The van der Waals surface area contributed by atoms with Crippen LogP contribution in [0.2, 0.25) is 0 Å². The summed E-state index contributed by atoms with van der Waals surface area (Å²) in [6, 6.07) is 7.27. The van der Waals surface area contributed by atoms with Crippen LogP contribution >= 0.6 is 0 Å². The zero-order valence-corrected chi connectivity index (χ0v) is 10.7. The minimum atomic E-state index is -0.622. The fraction of sp³-hybridized carbons (Fsp3) is 0.385. The van der Waals surface area contributed by atoms with Crippen LogP contribution in [0.1, 0.15) is 36.7 Å². The van der Waals surface area contributed by atoms with Gasteiger partial charge in [0.15, 0.2) is 0 Å². The predicted octanol–water partition coefficient (Wildman–Crippen LogP) is 2.08. The number of benzene rings is 1. The van der Waals surface area contributed by atoms with E-state index in [-0.39, 0.29) is 5.91 Å². The number of ether oxygens (including phenoxy) is 1. The van der Waals surface area contributed by atoms with Crippen LogP contribution in [0.4, 0.5) is 4.79 Å². The van der Waals surface area contributed by atoms with E-state index in [0.717, 1.165) is 5.56 Å². The van der Waals surface area contributed by atoms with Gasteiger partial charge in [0, 0.05) is 5.56 Å². The number of rotatable bonds is 1. The Kier molecular flexibility index (Phi) is 2.98. The summed E-state index contributed by atoms with van der Waals surface area (Å²) in [5, 5.41) is 1.26. The van der Waals surface area contributed by atoms with Crippen LogP contribution in [-0.4, -0.2) is 22.6 Å². The van der Waals surface area contributed by atoms with Gasteiger partial charge in [0.05, 0.1) is 6.54 Å². The number of hydrogen-bond acceptors (Lipinski definition) is 3. The Balaban J connectivity index is 2.02. The molecule has 0 bridgehead atoms. The molecule has 96 valence electrons. The number of nitrogens with one attached hydrogen (secondary N) is 1. The monoisotopic (exact) mass is 248 g/mol. The Morgan fingerprint density at radius 1 is 1.33 bits per heavy atom. The molecule has 1 aliphatic heterocycles. The molecule has 0 aromatic heterocycles. The van der Waals surface area contributed by atoms with Crippen molar-refractivity contribution in [3.63, 3.8) is 0 Å². The second-order valence-electron chi connectivity index (χ2n) is 5.16. The van der Waals surface area contributed by atoms with Crippen molar-refractivity contribution in [1.29, 1.82) is 0 Å². The third kappa shape index (κ3) is 2.61. The van der Waals surface area contributed by atoms with Crippen molar-refractivity contribution in [2.24, 2.45) is 0 Å². The molecular formula is C13H16N2O3. The van der Waals surface area contributed by atoms with Crippen LogP contribution in [0, 0.1) is 0 Å². The topological polar surface area (TPSA) is 58.6 Å². The first-order chi connectivity index (χ1) is 8.37. The van der Waals surface area contributed by atoms with E-state index in [4.69, 9.17) is 4.74 Å². The molecule has 2 amide bonds. The summed E-state index contributed by atoms with van der Waals surface area (Å²) in [5.41, 5.74) is 3.39. The van der Waals surface area contributed by atoms with Crippen molar-refractivity contribution in [3.8, 4) is 0 Å². The number of hydrazine groups is 1. The minimum absolute atomic E-state index is 0.212. The van der Waals surface area contributed by atoms with Crippen LogP contribution in [0.5, 0.6) is 0 Å². The van der Waals surface area contributed by atoms with Gasteiger partial charge in [-0.15, -0.1) is 0 Å². The molecule has 1 aliphatic rings. The van der Waals surface area contributed by atoms with E-state index in [0.29, 0.717) is 12.1 Å². The number of carbonyl (C=O) groups excluding carboxylic acids is 2.